The van der Waals surface area contributed by atoms with E-state index in [2.05, 4.69) is 10.2 Å². The van der Waals surface area contributed by atoms with Gasteiger partial charge in [-0.15, -0.1) is 0 Å². The monoisotopic (exact) mass is 476 g/mol. The van der Waals surface area contributed by atoms with Crippen LogP contribution >= 0.6 is 0 Å². The third kappa shape index (κ3) is 5.56. The lowest BCUT2D eigenvalue weighted by molar-refractivity contribution is -0.139. The quantitative estimate of drug-likeness (QED) is 0.577. The van der Waals surface area contributed by atoms with Crippen LogP contribution in [0.15, 0.2) is 35.5 Å². The first kappa shape index (κ1) is 25.6. The van der Waals surface area contributed by atoms with E-state index in [1.165, 1.54) is 19.2 Å². The lowest BCUT2D eigenvalue weighted by atomic mass is 9.94. The van der Waals surface area contributed by atoms with Crippen LogP contribution in [0.5, 0.6) is 0 Å². The van der Waals surface area contributed by atoms with Crippen molar-refractivity contribution in [2.24, 2.45) is 0 Å². The van der Waals surface area contributed by atoms with E-state index in [1.54, 1.807) is 28.9 Å². The number of ether oxygens (including phenoxy) is 2. The standard InChI is InChI=1S/C24H33FN4O5/c1-5-28-19(14-27-11-12-29(16(3)13-27)20(30)15-33-4)21(23(31)34-6-2)22(26-24(28)32)17-7-9-18(25)10-8-17/h7-10,16,22H,5-6,11-15H2,1-4H3,(H,26,32)/t16-,22-/m1/s1. The summed E-state index contributed by atoms with van der Waals surface area (Å²) in [5.74, 6) is -0.991. The molecule has 1 aromatic carbocycles. The van der Waals surface area contributed by atoms with E-state index in [9.17, 15) is 18.8 Å². The maximum absolute atomic E-state index is 13.5. The summed E-state index contributed by atoms with van der Waals surface area (Å²) in [6, 6.07) is 4.57. The molecule has 0 aliphatic carbocycles. The fraction of sp³-hybridized carbons (Fsp3) is 0.542. The molecule has 1 aromatic rings. The highest BCUT2D eigenvalue weighted by Crippen LogP contribution is 2.32. The van der Waals surface area contributed by atoms with Crippen molar-refractivity contribution >= 4 is 17.9 Å². The van der Waals surface area contributed by atoms with E-state index in [0.717, 1.165) is 0 Å². The summed E-state index contributed by atoms with van der Waals surface area (Å²) in [7, 11) is 1.49. The van der Waals surface area contributed by atoms with Crippen molar-refractivity contribution in [1.29, 1.82) is 0 Å². The first-order valence-electron chi connectivity index (χ1n) is 11.5. The van der Waals surface area contributed by atoms with Crippen molar-refractivity contribution in [3.8, 4) is 0 Å². The first-order chi connectivity index (χ1) is 16.3. The van der Waals surface area contributed by atoms with E-state index in [-0.39, 0.29) is 31.2 Å². The molecule has 0 spiro atoms. The average Bonchev–Trinajstić information content (AvgIpc) is 2.79. The van der Waals surface area contributed by atoms with Crippen LogP contribution in [-0.4, -0.2) is 91.7 Å². The molecule has 0 saturated carbocycles. The number of urea groups is 1. The van der Waals surface area contributed by atoms with Gasteiger partial charge in [-0.25, -0.2) is 14.0 Å². The minimum Gasteiger partial charge on any atom is -0.463 e. The van der Waals surface area contributed by atoms with E-state index in [0.29, 0.717) is 49.6 Å². The third-order valence-corrected chi connectivity index (χ3v) is 6.13. The van der Waals surface area contributed by atoms with Crippen molar-refractivity contribution in [3.05, 3.63) is 46.9 Å². The number of halogens is 1. The largest absolute Gasteiger partial charge is 0.463 e. The Labute approximate surface area is 199 Å². The van der Waals surface area contributed by atoms with Gasteiger partial charge in [0.15, 0.2) is 0 Å². The van der Waals surface area contributed by atoms with E-state index >= 15 is 0 Å². The van der Waals surface area contributed by atoms with Crippen molar-refractivity contribution < 1.29 is 28.2 Å². The summed E-state index contributed by atoms with van der Waals surface area (Å²) in [5, 5.41) is 2.88. The van der Waals surface area contributed by atoms with Crippen LogP contribution in [0, 0.1) is 5.82 Å². The molecular weight excluding hydrogens is 443 g/mol. The lowest BCUT2D eigenvalue weighted by Gasteiger charge is -2.42. The second kappa shape index (κ2) is 11.4. The number of likely N-dealkylation sites (N-methyl/N-ethyl adjacent to an activating group) is 1. The van der Waals surface area contributed by atoms with Gasteiger partial charge < -0.3 is 19.7 Å². The molecule has 34 heavy (non-hydrogen) atoms. The van der Waals surface area contributed by atoms with Crippen LogP contribution in [0.1, 0.15) is 32.4 Å². The van der Waals surface area contributed by atoms with E-state index < -0.39 is 17.8 Å². The molecule has 0 bridgehead atoms. The van der Waals surface area contributed by atoms with Gasteiger partial charge in [0.05, 0.1) is 18.2 Å². The minimum atomic E-state index is -0.757. The minimum absolute atomic E-state index is 0.0334. The number of amides is 3. The highest BCUT2D eigenvalue weighted by atomic mass is 19.1. The van der Waals surface area contributed by atoms with Crippen LogP contribution in [-0.2, 0) is 19.1 Å². The molecule has 2 aliphatic heterocycles. The zero-order chi connectivity index (χ0) is 24.8. The smallest absolute Gasteiger partial charge is 0.338 e. The lowest BCUT2D eigenvalue weighted by Crippen LogP contribution is -2.57. The Hall–Kier alpha value is -2.98. The van der Waals surface area contributed by atoms with Gasteiger partial charge in [-0.3, -0.25) is 14.6 Å². The zero-order valence-corrected chi connectivity index (χ0v) is 20.2. The highest BCUT2D eigenvalue weighted by molar-refractivity contribution is 5.95. The second-order valence-corrected chi connectivity index (χ2v) is 8.36. The number of hydrogen-bond donors (Lipinski definition) is 1. The summed E-state index contributed by atoms with van der Waals surface area (Å²) in [6.45, 7) is 8.13. The Morgan fingerprint density at radius 3 is 2.47 bits per heavy atom. The number of rotatable bonds is 8. The summed E-state index contributed by atoms with van der Waals surface area (Å²) in [6.07, 6.45) is 0. The predicted molar refractivity (Wildman–Crippen MR) is 123 cm³/mol. The number of nitrogens with one attached hydrogen (secondary N) is 1. The van der Waals surface area contributed by atoms with Crippen molar-refractivity contribution in [2.45, 2.75) is 32.9 Å². The average molecular weight is 477 g/mol. The molecule has 1 saturated heterocycles. The number of nitrogens with zero attached hydrogens (tertiary/aromatic N) is 3. The maximum atomic E-state index is 13.5. The highest BCUT2D eigenvalue weighted by Gasteiger charge is 2.39. The Morgan fingerprint density at radius 1 is 1.18 bits per heavy atom. The van der Waals surface area contributed by atoms with Gasteiger partial charge in [0.1, 0.15) is 12.4 Å². The summed E-state index contributed by atoms with van der Waals surface area (Å²) in [5.41, 5.74) is 1.48. The van der Waals surface area contributed by atoms with Crippen LogP contribution < -0.4 is 5.32 Å². The molecule has 0 unspecified atom stereocenters. The van der Waals surface area contributed by atoms with Gasteiger partial charge in [0.2, 0.25) is 5.91 Å². The number of esters is 1. The van der Waals surface area contributed by atoms with Gasteiger partial charge in [-0.05, 0) is 38.5 Å². The molecule has 2 atom stereocenters. The maximum Gasteiger partial charge on any atom is 0.338 e. The normalized spacial score (nSPS) is 21.5. The zero-order valence-electron chi connectivity index (χ0n) is 20.2. The molecule has 186 valence electrons. The fourth-order valence-corrected chi connectivity index (χ4v) is 4.53. The molecule has 2 aliphatic rings. The van der Waals surface area contributed by atoms with Crippen LogP contribution in [0.2, 0.25) is 0 Å². The van der Waals surface area contributed by atoms with Crippen molar-refractivity contribution in [2.75, 3.05) is 53.0 Å². The van der Waals surface area contributed by atoms with Crippen LogP contribution in [0.3, 0.4) is 0 Å². The third-order valence-electron chi connectivity index (χ3n) is 6.13. The topological polar surface area (TPSA) is 91.4 Å². The van der Waals surface area contributed by atoms with Gasteiger partial charge in [-0.2, -0.15) is 0 Å². The number of carbonyl (C=O) groups is 3. The molecule has 0 aromatic heterocycles. The summed E-state index contributed by atoms with van der Waals surface area (Å²) >= 11 is 0. The predicted octanol–water partition coefficient (Wildman–Crippen LogP) is 1.91. The molecule has 3 amide bonds. The van der Waals surface area contributed by atoms with Crippen LogP contribution in [0.4, 0.5) is 9.18 Å². The Bertz CT molecular complexity index is 936. The number of methoxy groups -OCH3 is 1. The van der Waals surface area contributed by atoms with E-state index in [4.69, 9.17) is 9.47 Å². The number of hydrogen-bond acceptors (Lipinski definition) is 6. The second-order valence-electron chi connectivity index (χ2n) is 8.36. The number of piperazine rings is 1. The molecule has 3 rings (SSSR count). The van der Waals surface area contributed by atoms with Crippen molar-refractivity contribution in [3.63, 3.8) is 0 Å². The fourth-order valence-electron chi connectivity index (χ4n) is 4.53. The molecule has 9 nitrogen and oxygen atoms in total. The summed E-state index contributed by atoms with van der Waals surface area (Å²) < 4.78 is 23.9. The van der Waals surface area contributed by atoms with Gasteiger partial charge in [0, 0.05) is 51.6 Å². The molecule has 2 heterocycles. The van der Waals surface area contributed by atoms with Gasteiger partial charge in [-0.1, -0.05) is 12.1 Å². The van der Waals surface area contributed by atoms with Gasteiger partial charge >= 0.3 is 12.0 Å². The summed E-state index contributed by atoms with van der Waals surface area (Å²) in [4.78, 5) is 43.9. The number of benzene rings is 1. The Kier molecular flexibility index (Phi) is 8.62. The molecule has 1 fully saturated rings. The molecule has 0 radical (unpaired) electrons. The molecular formula is C24H33FN4O5. The Balaban J connectivity index is 1.95. The SMILES string of the molecule is CCOC(=O)C1=C(CN2CCN(C(=O)COC)[C@H](C)C2)N(CC)C(=O)N[C@@H]1c1ccc(F)cc1. The first-order valence-corrected chi connectivity index (χ1v) is 11.5. The number of carbonyl (C=O) groups excluding carboxylic acids is 3. The van der Waals surface area contributed by atoms with Crippen LogP contribution in [0.25, 0.3) is 0 Å². The molecule has 10 heteroatoms. The Morgan fingerprint density at radius 2 is 1.88 bits per heavy atom. The molecule has 1 N–H and O–H groups in total. The van der Waals surface area contributed by atoms with Gasteiger partial charge in [0.25, 0.3) is 0 Å². The van der Waals surface area contributed by atoms with E-state index in [1.807, 2.05) is 13.8 Å². The van der Waals surface area contributed by atoms with Crippen molar-refractivity contribution in [1.82, 2.24) is 20.0 Å².